The van der Waals surface area contributed by atoms with Crippen molar-refractivity contribution in [3.8, 4) is 0 Å². The number of carboxylic acids is 1. The van der Waals surface area contributed by atoms with Gasteiger partial charge < -0.3 is 9.52 Å². The van der Waals surface area contributed by atoms with E-state index in [-0.39, 0.29) is 25.2 Å². The van der Waals surface area contributed by atoms with Crippen molar-refractivity contribution in [2.75, 3.05) is 0 Å². The molecule has 0 aliphatic heterocycles. The van der Waals surface area contributed by atoms with Gasteiger partial charge in [-0.3, -0.25) is 4.79 Å². The number of aryl methyl sites for hydroxylation is 1. The van der Waals surface area contributed by atoms with Gasteiger partial charge in [0.1, 0.15) is 6.42 Å². The van der Waals surface area contributed by atoms with Crippen molar-refractivity contribution in [2.24, 2.45) is 0 Å². The van der Waals surface area contributed by atoms with Crippen molar-refractivity contribution in [2.45, 2.75) is 31.9 Å². The van der Waals surface area contributed by atoms with Crippen molar-refractivity contribution in [1.82, 2.24) is 10.2 Å². The number of hydrogen-bond donors (Lipinski definition) is 1. The fourth-order valence-electron chi connectivity index (χ4n) is 1.02. The Balaban J connectivity index is 2.42. The molecule has 0 radical (unpaired) electrons. The van der Waals surface area contributed by atoms with Crippen molar-refractivity contribution in [3.05, 3.63) is 11.8 Å². The number of halogens is 3. The van der Waals surface area contributed by atoms with Crippen LogP contribution in [0.5, 0.6) is 0 Å². The Morgan fingerprint density at radius 2 is 1.94 bits per heavy atom. The minimum atomic E-state index is -4.38. The van der Waals surface area contributed by atoms with Gasteiger partial charge in [-0.2, -0.15) is 13.2 Å². The van der Waals surface area contributed by atoms with E-state index in [1.54, 1.807) is 0 Å². The van der Waals surface area contributed by atoms with Gasteiger partial charge in [0.05, 0.1) is 0 Å². The third-order valence-corrected chi connectivity index (χ3v) is 1.64. The van der Waals surface area contributed by atoms with E-state index < -0.39 is 24.5 Å². The molecule has 1 heterocycles. The molecular weight excluding hydrogens is 229 g/mol. The summed E-state index contributed by atoms with van der Waals surface area (Å²) >= 11 is 0. The van der Waals surface area contributed by atoms with Crippen LogP contribution in [0.15, 0.2) is 4.42 Å². The number of nitrogens with zero attached hydrogens (tertiary/aromatic N) is 2. The van der Waals surface area contributed by atoms with Crippen LogP contribution < -0.4 is 0 Å². The van der Waals surface area contributed by atoms with Gasteiger partial charge in [-0.25, -0.2) is 0 Å². The van der Waals surface area contributed by atoms with E-state index in [4.69, 9.17) is 9.52 Å². The lowest BCUT2D eigenvalue weighted by molar-refractivity contribution is -0.137. The summed E-state index contributed by atoms with van der Waals surface area (Å²) in [4.78, 5) is 10.2. The smallest absolute Gasteiger partial charge is 0.397 e. The Morgan fingerprint density at radius 3 is 2.50 bits per heavy atom. The second-order valence-electron chi connectivity index (χ2n) is 3.13. The topological polar surface area (TPSA) is 76.2 Å². The van der Waals surface area contributed by atoms with Gasteiger partial charge in [0.25, 0.3) is 0 Å². The minimum absolute atomic E-state index is 0.0282. The maximum Gasteiger partial charge on any atom is 0.397 e. The minimum Gasteiger partial charge on any atom is -0.481 e. The molecule has 0 spiro atoms. The van der Waals surface area contributed by atoms with Crippen LogP contribution >= 0.6 is 0 Å². The molecule has 1 aromatic heterocycles. The summed E-state index contributed by atoms with van der Waals surface area (Å²) in [6, 6.07) is 0. The zero-order chi connectivity index (χ0) is 12.2. The van der Waals surface area contributed by atoms with Crippen LogP contribution in [0.3, 0.4) is 0 Å². The van der Waals surface area contributed by atoms with Gasteiger partial charge in [-0.15, -0.1) is 10.2 Å². The van der Waals surface area contributed by atoms with Crippen molar-refractivity contribution < 1.29 is 27.5 Å². The van der Waals surface area contributed by atoms with E-state index in [1.807, 2.05) is 0 Å². The molecular formula is C8H9F3N2O3. The zero-order valence-corrected chi connectivity index (χ0v) is 8.12. The Morgan fingerprint density at radius 1 is 1.31 bits per heavy atom. The second-order valence-corrected chi connectivity index (χ2v) is 3.13. The predicted octanol–water partition coefficient (Wildman–Crippen LogP) is 1.58. The lowest BCUT2D eigenvalue weighted by Crippen LogP contribution is -2.11. The first-order valence-electron chi connectivity index (χ1n) is 4.46. The highest BCUT2D eigenvalue weighted by molar-refractivity contribution is 5.66. The third kappa shape index (κ3) is 4.76. The van der Waals surface area contributed by atoms with Crippen LogP contribution in [-0.4, -0.2) is 27.4 Å². The summed E-state index contributed by atoms with van der Waals surface area (Å²) in [5, 5.41) is 14.9. The van der Waals surface area contributed by atoms with Gasteiger partial charge >= 0.3 is 12.1 Å². The Labute approximate surface area is 88.3 Å². The summed E-state index contributed by atoms with van der Waals surface area (Å²) in [5.74, 6) is -1.45. The average Bonchev–Trinajstić information content (AvgIpc) is 2.48. The molecule has 0 unspecified atom stereocenters. The maximum atomic E-state index is 11.9. The lowest BCUT2D eigenvalue weighted by Gasteiger charge is -2.00. The fourth-order valence-corrected chi connectivity index (χ4v) is 1.02. The molecule has 0 aliphatic carbocycles. The standard InChI is InChI=1S/C8H9F3N2O3/c9-8(10,11)4-6-13-12-5(16-6)2-1-3-7(14)15/h1-4H2,(H,14,15). The Kier molecular flexibility index (Phi) is 3.86. The summed E-state index contributed by atoms with van der Waals surface area (Å²) in [6.07, 6.45) is -5.32. The summed E-state index contributed by atoms with van der Waals surface area (Å²) in [5.41, 5.74) is 0. The molecule has 0 atom stereocenters. The molecule has 1 aromatic rings. The van der Waals surface area contributed by atoms with Crippen LogP contribution in [0, 0.1) is 0 Å². The molecule has 0 fully saturated rings. The first-order chi connectivity index (χ1) is 7.37. The normalized spacial score (nSPS) is 11.7. The third-order valence-electron chi connectivity index (χ3n) is 1.64. The largest absolute Gasteiger partial charge is 0.481 e. The van der Waals surface area contributed by atoms with E-state index in [0.29, 0.717) is 0 Å². The number of carbonyl (C=O) groups is 1. The van der Waals surface area contributed by atoms with Crippen molar-refractivity contribution in [3.63, 3.8) is 0 Å². The van der Waals surface area contributed by atoms with Crippen LogP contribution in [0.4, 0.5) is 13.2 Å². The van der Waals surface area contributed by atoms with Crippen LogP contribution in [-0.2, 0) is 17.6 Å². The summed E-state index contributed by atoms with van der Waals surface area (Å²) in [7, 11) is 0. The molecule has 1 rings (SSSR count). The zero-order valence-electron chi connectivity index (χ0n) is 8.12. The lowest BCUT2D eigenvalue weighted by atomic mass is 10.2. The Bertz CT molecular complexity index is 362. The van der Waals surface area contributed by atoms with E-state index in [2.05, 4.69) is 10.2 Å². The highest BCUT2D eigenvalue weighted by atomic mass is 19.4. The number of rotatable bonds is 5. The molecule has 0 bridgehead atoms. The van der Waals surface area contributed by atoms with E-state index >= 15 is 0 Å². The van der Waals surface area contributed by atoms with Gasteiger partial charge in [-0.05, 0) is 6.42 Å². The predicted molar refractivity (Wildman–Crippen MR) is 44.6 cm³/mol. The van der Waals surface area contributed by atoms with Crippen LogP contribution in [0.1, 0.15) is 24.6 Å². The molecule has 16 heavy (non-hydrogen) atoms. The number of hydrogen-bond acceptors (Lipinski definition) is 4. The Hall–Kier alpha value is -1.60. The number of aliphatic carboxylic acids is 1. The fraction of sp³-hybridized carbons (Fsp3) is 0.625. The molecule has 8 heteroatoms. The molecule has 0 saturated carbocycles. The number of alkyl halides is 3. The van der Waals surface area contributed by atoms with Crippen LogP contribution in [0.2, 0.25) is 0 Å². The van der Waals surface area contributed by atoms with E-state index in [9.17, 15) is 18.0 Å². The molecule has 0 saturated heterocycles. The van der Waals surface area contributed by atoms with Gasteiger partial charge in [0.15, 0.2) is 0 Å². The highest BCUT2D eigenvalue weighted by Gasteiger charge is 2.30. The second kappa shape index (κ2) is 4.95. The first-order valence-corrected chi connectivity index (χ1v) is 4.46. The highest BCUT2D eigenvalue weighted by Crippen LogP contribution is 2.20. The van der Waals surface area contributed by atoms with Gasteiger partial charge in [0.2, 0.25) is 11.8 Å². The average molecular weight is 238 g/mol. The summed E-state index contributed by atoms with van der Waals surface area (Å²) in [6.45, 7) is 0. The first kappa shape index (κ1) is 12.5. The van der Waals surface area contributed by atoms with E-state index in [0.717, 1.165) is 0 Å². The summed E-state index contributed by atoms with van der Waals surface area (Å²) < 4.78 is 40.4. The monoisotopic (exact) mass is 238 g/mol. The molecule has 90 valence electrons. The van der Waals surface area contributed by atoms with Crippen molar-refractivity contribution in [1.29, 1.82) is 0 Å². The molecule has 0 amide bonds. The van der Waals surface area contributed by atoms with Gasteiger partial charge in [0, 0.05) is 12.8 Å². The van der Waals surface area contributed by atoms with Crippen molar-refractivity contribution >= 4 is 5.97 Å². The molecule has 0 aliphatic rings. The van der Waals surface area contributed by atoms with Crippen LogP contribution in [0.25, 0.3) is 0 Å². The van der Waals surface area contributed by atoms with Gasteiger partial charge in [-0.1, -0.05) is 0 Å². The maximum absolute atomic E-state index is 11.9. The SMILES string of the molecule is O=C(O)CCCc1nnc(CC(F)(F)F)o1. The quantitative estimate of drug-likeness (QED) is 0.842. The number of aromatic nitrogens is 2. The van der Waals surface area contributed by atoms with E-state index in [1.165, 1.54) is 0 Å². The molecule has 1 N–H and O–H groups in total. The molecule has 0 aromatic carbocycles. The molecule has 5 nitrogen and oxygen atoms in total. The number of carboxylic acid groups (broad SMARTS) is 1.